The van der Waals surface area contributed by atoms with Crippen molar-refractivity contribution in [1.29, 1.82) is 0 Å². The molecule has 0 atom stereocenters. The van der Waals surface area contributed by atoms with E-state index in [9.17, 15) is 10.1 Å². The molecule has 21 heavy (non-hydrogen) atoms. The summed E-state index contributed by atoms with van der Waals surface area (Å²) in [7, 11) is 1.70. The first-order valence-corrected chi connectivity index (χ1v) is 6.95. The second-order valence-electron chi connectivity index (χ2n) is 5.20. The van der Waals surface area contributed by atoms with Crippen LogP contribution in [0.3, 0.4) is 0 Å². The van der Waals surface area contributed by atoms with Crippen LogP contribution in [0.15, 0.2) is 12.4 Å². The lowest BCUT2D eigenvalue weighted by molar-refractivity contribution is -0.384. The largest absolute Gasteiger partial charge is 0.334 e. The van der Waals surface area contributed by atoms with Gasteiger partial charge in [-0.25, -0.2) is 4.68 Å². The Labute approximate surface area is 122 Å². The molecule has 2 aromatic rings. The third-order valence-electron chi connectivity index (χ3n) is 3.15. The summed E-state index contributed by atoms with van der Waals surface area (Å²) < 4.78 is 3.30. The van der Waals surface area contributed by atoms with Crippen molar-refractivity contribution >= 4 is 17.2 Å². The van der Waals surface area contributed by atoms with Crippen LogP contribution < -0.4 is 5.32 Å². The topological polar surface area (TPSA) is 90.8 Å². The molecule has 2 heterocycles. The summed E-state index contributed by atoms with van der Waals surface area (Å²) in [6.45, 7) is 6.00. The number of aryl methyl sites for hydroxylation is 2. The molecule has 0 spiro atoms. The molecule has 114 valence electrons. The summed E-state index contributed by atoms with van der Waals surface area (Å²) in [5, 5.41) is 22.8. The number of anilines is 2. The van der Waals surface area contributed by atoms with E-state index in [1.54, 1.807) is 17.9 Å². The van der Waals surface area contributed by atoms with Gasteiger partial charge in [0.25, 0.3) is 0 Å². The average Bonchev–Trinajstić information content (AvgIpc) is 2.96. The first-order valence-electron chi connectivity index (χ1n) is 6.95. The smallest absolute Gasteiger partial charge is 0.332 e. The third kappa shape index (κ3) is 3.04. The second kappa shape index (κ2) is 5.94. The second-order valence-corrected chi connectivity index (χ2v) is 5.20. The lowest BCUT2D eigenvalue weighted by Gasteiger charge is -2.04. The fourth-order valence-electron chi connectivity index (χ4n) is 2.13. The number of hydrogen-bond acceptors (Lipinski definition) is 5. The van der Waals surface area contributed by atoms with Gasteiger partial charge in [0.1, 0.15) is 5.69 Å². The van der Waals surface area contributed by atoms with Gasteiger partial charge in [0.15, 0.2) is 0 Å². The van der Waals surface area contributed by atoms with Crippen LogP contribution in [-0.4, -0.2) is 24.5 Å². The van der Waals surface area contributed by atoms with Gasteiger partial charge in [0.2, 0.25) is 5.82 Å². The number of nitrogens with zero attached hydrogens (tertiary/aromatic N) is 5. The van der Waals surface area contributed by atoms with Gasteiger partial charge in [0.05, 0.1) is 16.8 Å². The van der Waals surface area contributed by atoms with Crippen molar-refractivity contribution in [2.75, 3.05) is 5.32 Å². The van der Waals surface area contributed by atoms with Crippen molar-refractivity contribution in [3.8, 4) is 0 Å². The normalized spacial score (nSPS) is 11.1. The zero-order chi connectivity index (χ0) is 15.6. The Balaban J connectivity index is 2.36. The molecule has 0 fully saturated rings. The monoisotopic (exact) mass is 292 g/mol. The van der Waals surface area contributed by atoms with Crippen LogP contribution in [0, 0.1) is 10.1 Å². The average molecular weight is 292 g/mol. The van der Waals surface area contributed by atoms with Crippen molar-refractivity contribution in [2.45, 2.75) is 39.7 Å². The van der Waals surface area contributed by atoms with Crippen LogP contribution in [0.25, 0.3) is 0 Å². The molecule has 0 unspecified atom stereocenters. The summed E-state index contributed by atoms with van der Waals surface area (Å²) in [6, 6.07) is 0.234. The molecular weight excluding hydrogens is 272 g/mol. The Hall–Kier alpha value is -2.38. The van der Waals surface area contributed by atoms with Crippen molar-refractivity contribution < 1.29 is 4.92 Å². The van der Waals surface area contributed by atoms with Gasteiger partial charge in [-0.2, -0.15) is 10.2 Å². The summed E-state index contributed by atoms with van der Waals surface area (Å²) in [4.78, 5) is 10.9. The van der Waals surface area contributed by atoms with Crippen molar-refractivity contribution in [3.63, 3.8) is 0 Å². The van der Waals surface area contributed by atoms with Gasteiger partial charge in [-0.3, -0.25) is 14.8 Å². The number of rotatable bonds is 6. The Kier molecular flexibility index (Phi) is 4.25. The summed E-state index contributed by atoms with van der Waals surface area (Å²) in [5.74, 6) is 0.381. The number of nitro groups is 1. The van der Waals surface area contributed by atoms with Crippen LogP contribution >= 0.6 is 0 Å². The molecule has 0 aliphatic rings. The van der Waals surface area contributed by atoms with Crippen molar-refractivity contribution in [1.82, 2.24) is 19.6 Å². The molecular formula is C13H20N6O2. The van der Waals surface area contributed by atoms with Crippen molar-refractivity contribution in [3.05, 3.63) is 28.2 Å². The number of aromatic nitrogens is 4. The lowest BCUT2D eigenvalue weighted by atomic mass is 10.2. The van der Waals surface area contributed by atoms with Crippen molar-refractivity contribution in [2.24, 2.45) is 7.05 Å². The van der Waals surface area contributed by atoms with E-state index in [0.29, 0.717) is 23.6 Å². The van der Waals surface area contributed by atoms with E-state index in [-0.39, 0.29) is 16.7 Å². The maximum atomic E-state index is 11.3. The van der Waals surface area contributed by atoms with Gasteiger partial charge in [-0.05, 0) is 20.3 Å². The first kappa shape index (κ1) is 15.0. The quantitative estimate of drug-likeness (QED) is 0.653. The predicted molar refractivity (Wildman–Crippen MR) is 79.8 cm³/mol. The van der Waals surface area contributed by atoms with Crippen LogP contribution in [0.1, 0.15) is 38.9 Å². The zero-order valence-electron chi connectivity index (χ0n) is 12.7. The molecule has 8 nitrogen and oxygen atoms in total. The molecule has 0 bridgehead atoms. The fourth-order valence-corrected chi connectivity index (χ4v) is 2.13. The molecule has 2 aromatic heterocycles. The highest BCUT2D eigenvalue weighted by Crippen LogP contribution is 2.31. The predicted octanol–water partition coefficient (Wildman–Crippen LogP) is 2.80. The van der Waals surface area contributed by atoms with E-state index >= 15 is 0 Å². The van der Waals surface area contributed by atoms with E-state index in [1.165, 1.54) is 4.68 Å². The Morgan fingerprint density at radius 3 is 2.71 bits per heavy atom. The molecule has 0 aromatic carbocycles. The standard InChI is InChI=1S/C13H20N6O2/c1-5-6-11-12(19(20)21)13(17(4)16-11)15-10-7-14-18(8-10)9(2)3/h7-9,15H,5-6H2,1-4H3. The molecule has 0 amide bonds. The third-order valence-corrected chi connectivity index (χ3v) is 3.15. The molecule has 0 saturated heterocycles. The van der Waals surface area contributed by atoms with Gasteiger partial charge in [-0.15, -0.1) is 0 Å². The van der Waals surface area contributed by atoms with E-state index in [4.69, 9.17) is 0 Å². The zero-order valence-corrected chi connectivity index (χ0v) is 12.7. The molecule has 0 aliphatic carbocycles. The Bertz CT molecular complexity index is 643. The molecule has 0 saturated carbocycles. The van der Waals surface area contributed by atoms with E-state index < -0.39 is 0 Å². The number of hydrogen-bond donors (Lipinski definition) is 1. The van der Waals surface area contributed by atoms with E-state index in [2.05, 4.69) is 15.5 Å². The first-order chi connectivity index (χ1) is 9.93. The highest BCUT2D eigenvalue weighted by Gasteiger charge is 2.26. The molecule has 8 heteroatoms. The molecule has 0 radical (unpaired) electrons. The van der Waals surface area contributed by atoms with E-state index in [1.807, 2.05) is 27.0 Å². The van der Waals surface area contributed by atoms with Gasteiger partial charge in [-0.1, -0.05) is 13.3 Å². The SMILES string of the molecule is CCCc1nn(C)c(Nc2cnn(C(C)C)c2)c1[N+](=O)[O-]. The summed E-state index contributed by atoms with van der Waals surface area (Å²) in [5.41, 5.74) is 1.25. The lowest BCUT2D eigenvalue weighted by Crippen LogP contribution is -2.02. The van der Waals surface area contributed by atoms with Crippen LogP contribution in [-0.2, 0) is 13.5 Å². The fraction of sp³-hybridized carbons (Fsp3) is 0.538. The highest BCUT2D eigenvalue weighted by molar-refractivity contribution is 5.67. The summed E-state index contributed by atoms with van der Waals surface area (Å²) >= 11 is 0. The Morgan fingerprint density at radius 2 is 2.19 bits per heavy atom. The minimum absolute atomic E-state index is 0.0386. The number of nitrogens with one attached hydrogen (secondary N) is 1. The maximum Gasteiger partial charge on any atom is 0.334 e. The molecule has 0 aliphatic heterocycles. The maximum absolute atomic E-state index is 11.3. The van der Waals surface area contributed by atoms with Gasteiger partial charge >= 0.3 is 5.69 Å². The van der Waals surface area contributed by atoms with E-state index in [0.717, 1.165) is 6.42 Å². The highest BCUT2D eigenvalue weighted by atomic mass is 16.6. The van der Waals surface area contributed by atoms with Crippen LogP contribution in [0.4, 0.5) is 17.2 Å². The summed E-state index contributed by atoms with van der Waals surface area (Å²) in [6.07, 6.45) is 4.86. The minimum atomic E-state index is -0.382. The Morgan fingerprint density at radius 1 is 1.48 bits per heavy atom. The minimum Gasteiger partial charge on any atom is -0.332 e. The van der Waals surface area contributed by atoms with Gasteiger partial charge in [0, 0.05) is 19.3 Å². The van der Waals surface area contributed by atoms with Crippen LogP contribution in [0.2, 0.25) is 0 Å². The molecule has 2 rings (SSSR count). The van der Waals surface area contributed by atoms with Crippen LogP contribution in [0.5, 0.6) is 0 Å². The molecule has 1 N–H and O–H groups in total. The van der Waals surface area contributed by atoms with Gasteiger partial charge < -0.3 is 5.32 Å².